The van der Waals surface area contributed by atoms with Crippen LogP contribution in [0.5, 0.6) is 11.8 Å². The Labute approximate surface area is 112 Å². The summed E-state index contributed by atoms with van der Waals surface area (Å²) < 4.78 is 7.80. The van der Waals surface area contributed by atoms with Crippen LogP contribution in [-0.4, -0.2) is 19.8 Å². The predicted molar refractivity (Wildman–Crippen MR) is 71.1 cm³/mol. The summed E-state index contributed by atoms with van der Waals surface area (Å²) in [6, 6.07) is 5.62. The van der Waals surface area contributed by atoms with Gasteiger partial charge in [-0.05, 0) is 34.1 Å². The molecule has 0 saturated heterocycles. The van der Waals surface area contributed by atoms with Crippen LogP contribution < -0.4 is 10.5 Å². The summed E-state index contributed by atoms with van der Waals surface area (Å²) in [6.07, 6.45) is 1.56. The molecule has 0 aliphatic rings. The number of hydrogen-bond acceptors (Lipinski definition) is 4. The smallest absolute Gasteiger partial charge is 0.341 e. The molecule has 1 aromatic carbocycles. The van der Waals surface area contributed by atoms with Crippen LogP contribution in [0.15, 0.2) is 29.0 Å². The van der Waals surface area contributed by atoms with E-state index in [0.29, 0.717) is 10.7 Å². The van der Waals surface area contributed by atoms with Crippen molar-refractivity contribution in [2.75, 3.05) is 0 Å². The quantitative estimate of drug-likeness (QED) is 0.878. The van der Waals surface area contributed by atoms with E-state index in [4.69, 9.17) is 22.7 Å². The number of halogens is 1. The van der Waals surface area contributed by atoms with Gasteiger partial charge >= 0.3 is 6.01 Å². The van der Waals surface area contributed by atoms with Gasteiger partial charge in [-0.25, -0.2) is 0 Å². The number of ether oxygens (including phenoxy) is 1. The van der Waals surface area contributed by atoms with Gasteiger partial charge in [0.25, 0.3) is 0 Å². The summed E-state index contributed by atoms with van der Waals surface area (Å²) in [5, 5.41) is 4.02. The van der Waals surface area contributed by atoms with Gasteiger partial charge in [0.05, 0.1) is 4.47 Å². The Morgan fingerprint density at radius 1 is 1.53 bits per heavy atom. The van der Waals surface area contributed by atoms with Crippen molar-refractivity contribution in [3.63, 3.8) is 0 Å². The van der Waals surface area contributed by atoms with E-state index in [0.717, 1.165) is 10.0 Å². The van der Waals surface area contributed by atoms with E-state index in [9.17, 15) is 0 Å². The first-order valence-corrected chi connectivity index (χ1v) is 5.89. The molecule has 0 radical (unpaired) electrons. The maximum atomic E-state index is 5.53. The molecule has 2 aromatic rings. The van der Waals surface area contributed by atoms with E-state index in [1.807, 2.05) is 0 Å². The lowest BCUT2D eigenvalue weighted by molar-refractivity contribution is 0.436. The Morgan fingerprint density at radius 3 is 2.82 bits per heavy atom. The zero-order valence-electron chi connectivity index (χ0n) is 8.92. The molecule has 0 atom stereocenters. The van der Waals surface area contributed by atoms with Gasteiger partial charge in [-0.2, -0.15) is 4.98 Å². The maximum absolute atomic E-state index is 5.53. The lowest BCUT2D eigenvalue weighted by Crippen LogP contribution is -2.09. The van der Waals surface area contributed by atoms with E-state index < -0.39 is 0 Å². The first kappa shape index (κ1) is 12.0. The number of aryl methyl sites for hydroxylation is 1. The van der Waals surface area contributed by atoms with Gasteiger partial charge in [-0.1, -0.05) is 12.2 Å². The summed E-state index contributed by atoms with van der Waals surface area (Å²) in [5.74, 6) is 0.608. The van der Waals surface area contributed by atoms with Crippen LogP contribution in [0.3, 0.4) is 0 Å². The summed E-state index contributed by atoms with van der Waals surface area (Å²) in [7, 11) is 1.77. The molecule has 0 saturated carbocycles. The molecule has 2 rings (SSSR count). The van der Waals surface area contributed by atoms with E-state index in [1.54, 1.807) is 36.3 Å². The van der Waals surface area contributed by atoms with Crippen molar-refractivity contribution in [2.45, 2.75) is 0 Å². The average molecular weight is 313 g/mol. The van der Waals surface area contributed by atoms with Gasteiger partial charge in [-0.3, -0.25) is 4.68 Å². The highest BCUT2D eigenvalue weighted by molar-refractivity contribution is 9.10. The fraction of sp³-hybridized carbons (Fsp3) is 0.100. The minimum atomic E-state index is 0.288. The van der Waals surface area contributed by atoms with Gasteiger partial charge in [0.2, 0.25) is 0 Å². The minimum Gasteiger partial charge on any atom is -0.422 e. The molecule has 2 N–H and O–H groups in total. The van der Waals surface area contributed by atoms with E-state index in [1.165, 1.54) is 0 Å². The Kier molecular flexibility index (Phi) is 3.39. The number of nitrogens with zero attached hydrogens (tertiary/aromatic N) is 3. The number of nitrogens with two attached hydrogens (primary N) is 1. The van der Waals surface area contributed by atoms with Crippen LogP contribution >= 0.6 is 28.1 Å². The Balaban J connectivity index is 2.25. The second-order valence-corrected chi connectivity index (χ2v) is 4.61. The van der Waals surface area contributed by atoms with Crippen LogP contribution in [0.1, 0.15) is 5.56 Å². The number of thiocarbonyl (C=S) groups is 1. The molecular formula is C10H9BrN4OS. The first-order valence-electron chi connectivity index (χ1n) is 4.69. The molecule has 0 aliphatic carbocycles. The predicted octanol–water partition coefficient (Wildman–Crippen LogP) is 2.00. The summed E-state index contributed by atoms with van der Waals surface area (Å²) in [5.41, 5.74) is 6.30. The summed E-state index contributed by atoms with van der Waals surface area (Å²) in [4.78, 5) is 4.31. The Hall–Kier alpha value is -1.47. The van der Waals surface area contributed by atoms with Gasteiger partial charge in [-0.15, -0.1) is 5.10 Å². The number of hydrogen-bond donors (Lipinski definition) is 1. The van der Waals surface area contributed by atoms with Crippen molar-refractivity contribution in [3.05, 3.63) is 34.6 Å². The highest BCUT2D eigenvalue weighted by atomic mass is 79.9. The van der Waals surface area contributed by atoms with E-state index in [2.05, 4.69) is 26.0 Å². The monoisotopic (exact) mass is 312 g/mol. The third-order valence-electron chi connectivity index (χ3n) is 2.00. The molecule has 7 heteroatoms. The lowest BCUT2D eigenvalue weighted by atomic mass is 10.2. The van der Waals surface area contributed by atoms with Crippen LogP contribution in [0, 0.1) is 0 Å². The maximum Gasteiger partial charge on any atom is 0.341 e. The van der Waals surface area contributed by atoms with Crippen LogP contribution in [0.2, 0.25) is 0 Å². The molecular weight excluding hydrogens is 304 g/mol. The van der Waals surface area contributed by atoms with Crippen molar-refractivity contribution in [3.8, 4) is 11.8 Å². The van der Waals surface area contributed by atoms with Crippen molar-refractivity contribution < 1.29 is 4.74 Å². The molecule has 0 aliphatic heterocycles. The molecule has 0 bridgehead atoms. The zero-order valence-corrected chi connectivity index (χ0v) is 11.3. The van der Waals surface area contributed by atoms with Crippen molar-refractivity contribution in [1.82, 2.24) is 14.8 Å². The molecule has 1 aromatic heterocycles. The molecule has 5 nitrogen and oxygen atoms in total. The SMILES string of the molecule is Cn1cnc(Oc2ccc(C(N)=S)cc2Br)n1. The third kappa shape index (κ3) is 2.80. The second-order valence-electron chi connectivity index (χ2n) is 3.31. The van der Waals surface area contributed by atoms with Gasteiger partial charge in [0.15, 0.2) is 0 Å². The molecule has 0 unspecified atom stereocenters. The highest BCUT2D eigenvalue weighted by Crippen LogP contribution is 2.28. The van der Waals surface area contributed by atoms with Crippen LogP contribution in [0.4, 0.5) is 0 Å². The molecule has 0 spiro atoms. The van der Waals surface area contributed by atoms with Gasteiger partial charge in [0.1, 0.15) is 17.1 Å². The fourth-order valence-corrected chi connectivity index (χ4v) is 1.79. The Bertz CT molecular complexity index is 569. The normalized spacial score (nSPS) is 10.2. The number of benzene rings is 1. The molecule has 0 fully saturated rings. The van der Waals surface area contributed by atoms with Crippen molar-refractivity contribution >= 4 is 33.1 Å². The molecule has 0 amide bonds. The largest absolute Gasteiger partial charge is 0.422 e. The topological polar surface area (TPSA) is 66.0 Å². The third-order valence-corrected chi connectivity index (χ3v) is 2.85. The standard InChI is InChI=1S/C10H9BrN4OS/c1-15-5-13-10(14-15)16-8-3-2-6(9(12)17)4-7(8)11/h2-5H,1H3,(H2,12,17). The summed E-state index contributed by atoms with van der Waals surface area (Å²) in [6.45, 7) is 0. The van der Waals surface area contributed by atoms with E-state index in [-0.39, 0.29) is 6.01 Å². The molecule has 17 heavy (non-hydrogen) atoms. The lowest BCUT2D eigenvalue weighted by Gasteiger charge is -2.05. The van der Waals surface area contributed by atoms with Crippen LogP contribution in [0.25, 0.3) is 0 Å². The number of rotatable bonds is 3. The zero-order chi connectivity index (χ0) is 12.4. The van der Waals surface area contributed by atoms with E-state index >= 15 is 0 Å². The minimum absolute atomic E-state index is 0.288. The first-order chi connectivity index (χ1) is 8.06. The Morgan fingerprint density at radius 2 is 2.29 bits per heavy atom. The van der Waals surface area contributed by atoms with Crippen molar-refractivity contribution in [2.24, 2.45) is 12.8 Å². The summed E-state index contributed by atoms with van der Waals surface area (Å²) >= 11 is 8.26. The highest BCUT2D eigenvalue weighted by Gasteiger charge is 2.07. The van der Waals surface area contributed by atoms with Gasteiger partial charge < -0.3 is 10.5 Å². The van der Waals surface area contributed by atoms with Crippen LogP contribution in [-0.2, 0) is 7.05 Å². The molecule has 1 heterocycles. The average Bonchev–Trinajstić information content (AvgIpc) is 2.67. The number of aromatic nitrogens is 3. The molecule has 88 valence electrons. The van der Waals surface area contributed by atoms with Gasteiger partial charge in [0, 0.05) is 12.6 Å². The fourth-order valence-electron chi connectivity index (χ4n) is 1.20. The second kappa shape index (κ2) is 4.80. The van der Waals surface area contributed by atoms with Crippen molar-refractivity contribution in [1.29, 1.82) is 0 Å².